The van der Waals surface area contributed by atoms with Gasteiger partial charge in [-0.1, -0.05) is 19.8 Å². The molecule has 0 radical (unpaired) electrons. The summed E-state index contributed by atoms with van der Waals surface area (Å²) in [5, 5.41) is 2.44. The van der Waals surface area contributed by atoms with Crippen LogP contribution >= 0.6 is 11.3 Å². The van der Waals surface area contributed by atoms with Crippen LogP contribution < -0.4 is 0 Å². The van der Waals surface area contributed by atoms with Crippen LogP contribution in [0, 0.1) is 0 Å². The van der Waals surface area contributed by atoms with Crippen molar-refractivity contribution in [3.8, 4) is 0 Å². The predicted molar refractivity (Wildman–Crippen MR) is 45.5 cm³/mol. The highest BCUT2D eigenvalue weighted by Gasteiger charge is 2.10. The van der Waals surface area contributed by atoms with Crippen LogP contribution in [-0.4, -0.2) is 4.98 Å². The Balaban J connectivity index is 2.36. The summed E-state index contributed by atoms with van der Waals surface area (Å²) in [6.07, 6.45) is 3.42. The lowest BCUT2D eigenvalue weighted by molar-refractivity contribution is 0.315. The van der Waals surface area contributed by atoms with E-state index in [1.807, 2.05) is 5.38 Å². The van der Waals surface area contributed by atoms with Crippen molar-refractivity contribution < 1.29 is 4.39 Å². The van der Waals surface area contributed by atoms with Gasteiger partial charge in [-0.05, 0) is 6.42 Å². The molecule has 1 atom stereocenters. The van der Waals surface area contributed by atoms with Crippen molar-refractivity contribution in [2.45, 2.75) is 32.4 Å². The van der Waals surface area contributed by atoms with Crippen molar-refractivity contribution in [3.63, 3.8) is 0 Å². The first-order valence-corrected chi connectivity index (χ1v) is 4.76. The average molecular weight is 173 g/mol. The highest BCUT2D eigenvalue weighted by atomic mass is 32.1. The SMILES string of the molecule is CCCCC(F)c1nccs1. The number of aromatic nitrogens is 1. The quantitative estimate of drug-likeness (QED) is 0.680. The molecule has 0 N–H and O–H groups in total. The van der Waals surface area contributed by atoms with Gasteiger partial charge in [-0.2, -0.15) is 0 Å². The lowest BCUT2D eigenvalue weighted by Crippen LogP contribution is -1.89. The fourth-order valence-electron chi connectivity index (χ4n) is 0.896. The summed E-state index contributed by atoms with van der Waals surface area (Å²) in [6.45, 7) is 2.06. The molecule has 11 heavy (non-hydrogen) atoms. The molecule has 0 fully saturated rings. The zero-order chi connectivity index (χ0) is 8.10. The Morgan fingerprint density at radius 3 is 3.09 bits per heavy atom. The summed E-state index contributed by atoms with van der Waals surface area (Å²) in [5.41, 5.74) is 0. The van der Waals surface area contributed by atoms with E-state index in [9.17, 15) is 4.39 Å². The first-order chi connectivity index (χ1) is 5.34. The molecule has 0 saturated heterocycles. The number of rotatable bonds is 4. The maximum atomic E-state index is 13.1. The van der Waals surface area contributed by atoms with Gasteiger partial charge in [0.05, 0.1) is 0 Å². The van der Waals surface area contributed by atoms with E-state index in [0.717, 1.165) is 12.8 Å². The molecule has 0 amide bonds. The molecule has 0 spiro atoms. The maximum absolute atomic E-state index is 13.1. The zero-order valence-electron chi connectivity index (χ0n) is 6.59. The fourth-order valence-corrected chi connectivity index (χ4v) is 1.54. The van der Waals surface area contributed by atoms with Gasteiger partial charge in [0.1, 0.15) is 5.01 Å². The summed E-state index contributed by atoms with van der Waals surface area (Å²) >= 11 is 1.40. The number of alkyl halides is 1. The molecule has 0 aromatic carbocycles. The summed E-state index contributed by atoms with van der Waals surface area (Å²) < 4.78 is 13.1. The van der Waals surface area contributed by atoms with Crippen molar-refractivity contribution in [1.29, 1.82) is 0 Å². The highest BCUT2D eigenvalue weighted by molar-refractivity contribution is 7.09. The van der Waals surface area contributed by atoms with Crippen molar-refractivity contribution in [3.05, 3.63) is 16.6 Å². The minimum atomic E-state index is -0.838. The topological polar surface area (TPSA) is 12.9 Å². The van der Waals surface area contributed by atoms with Crippen LogP contribution in [0.1, 0.15) is 37.4 Å². The number of thiazole rings is 1. The molecule has 62 valence electrons. The highest BCUT2D eigenvalue weighted by Crippen LogP contribution is 2.24. The first-order valence-electron chi connectivity index (χ1n) is 3.88. The molecular formula is C8H12FNS. The lowest BCUT2D eigenvalue weighted by atomic mass is 10.2. The molecule has 1 aromatic rings. The van der Waals surface area contributed by atoms with Crippen LogP contribution in [0.25, 0.3) is 0 Å². The normalized spacial score (nSPS) is 13.3. The minimum Gasteiger partial charge on any atom is -0.247 e. The molecule has 0 aliphatic rings. The third kappa shape index (κ3) is 2.58. The van der Waals surface area contributed by atoms with Crippen LogP contribution in [0.4, 0.5) is 4.39 Å². The molecule has 1 heterocycles. The molecule has 0 bridgehead atoms. The van der Waals surface area contributed by atoms with Crippen molar-refractivity contribution in [2.24, 2.45) is 0 Å². The van der Waals surface area contributed by atoms with Gasteiger partial charge >= 0.3 is 0 Å². The Morgan fingerprint density at radius 1 is 1.73 bits per heavy atom. The molecule has 0 aliphatic carbocycles. The number of nitrogens with zero attached hydrogens (tertiary/aromatic N) is 1. The molecule has 1 rings (SSSR count). The largest absolute Gasteiger partial charge is 0.247 e. The minimum absolute atomic E-state index is 0.615. The Bertz CT molecular complexity index is 186. The van der Waals surface area contributed by atoms with Gasteiger partial charge in [0, 0.05) is 11.6 Å². The fraction of sp³-hybridized carbons (Fsp3) is 0.625. The Labute approximate surface area is 70.3 Å². The number of unbranched alkanes of at least 4 members (excludes halogenated alkanes) is 1. The van der Waals surface area contributed by atoms with E-state index in [4.69, 9.17) is 0 Å². The number of halogens is 1. The van der Waals surface area contributed by atoms with E-state index in [0.29, 0.717) is 11.4 Å². The van der Waals surface area contributed by atoms with E-state index in [2.05, 4.69) is 11.9 Å². The zero-order valence-corrected chi connectivity index (χ0v) is 7.40. The lowest BCUT2D eigenvalue weighted by Gasteiger charge is -2.01. The number of hydrogen-bond donors (Lipinski definition) is 0. The van der Waals surface area contributed by atoms with Crippen LogP contribution in [0.15, 0.2) is 11.6 Å². The summed E-state index contributed by atoms with van der Waals surface area (Å²) in [7, 11) is 0. The van der Waals surface area contributed by atoms with Crippen LogP contribution in [0.2, 0.25) is 0 Å². The molecule has 1 unspecified atom stereocenters. The van der Waals surface area contributed by atoms with Crippen LogP contribution in [-0.2, 0) is 0 Å². The van der Waals surface area contributed by atoms with Crippen LogP contribution in [0.5, 0.6) is 0 Å². The van der Waals surface area contributed by atoms with Gasteiger partial charge in [-0.25, -0.2) is 9.37 Å². The average Bonchev–Trinajstić information content (AvgIpc) is 2.52. The summed E-state index contributed by atoms with van der Waals surface area (Å²) in [6, 6.07) is 0. The number of hydrogen-bond acceptors (Lipinski definition) is 2. The molecule has 1 nitrogen and oxygen atoms in total. The van der Waals surface area contributed by atoms with Crippen molar-refractivity contribution in [2.75, 3.05) is 0 Å². The smallest absolute Gasteiger partial charge is 0.151 e. The summed E-state index contributed by atoms with van der Waals surface area (Å²) in [4.78, 5) is 3.91. The molecule has 3 heteroatoms. The second-order valence-corrected chi connectivity index (χ2v) is 3.41. The van der Waals surface area contributed by atoms with Gasteiger partial charge in [0.15, 0.2) is 6.17 Å². The molecule has 0 aliphatic heterocycles. The van der Waals surface area contributed by atoms with E-state index in [1.54, 1.807) is 6.20 Å². The van der Waals surface area contributed by atoms with Gasteiger partial charge in [0.2, 0.25) is 0 Å². The van der Waals surface area contributed by atoms with Gasteiger partial charge in [-0.3, -0.25) is 0 Å². The van der Waals surface area contributed by atoms with Crippen LogP contribution in [0.3, 0.4) is 0 Å². The standard InChI is InChI=1S/C8H12FNS/c1-2-3-4-7(9)8-10-5-6-11-8/h5-7H,2-4H2,1H3. The molecular weight excluding hydrogens is 161 g/mol. The second-order valence-electron chi connectivity index (χ2n) is 2.48. The van der Waals surface area contributed by atoms with E-state index < -0.39 is 6.17 Å². The van der Waals surface area contributed by atoms with Gasteiger partial charge in [0.25, 0.3) is 0 Å². The van der Waals surface area contributed by atoms with E-state index >= 15 is 0 Å². The maximum Gasteiger partial charge on any atom is 0.151 e. The monoisotopic (exact) mass is 173 g/mol. The second kappa shape index (κ2) is 4.44. The third-order valence-corrected chi connectivity index (χ3v) is 2.39. The van der Waals surface area contributed by atoms with Gasteiger partial charge < -0.3 is 0 Å². The molecule has 0 saturated carbocycles. The van der Waals surface area contributed by atoms with E-state index in [1.165, 1.54) is 11.3 Å². The third-order valence-electron chi connectivity index (χ3n) is 1.53. The van der Waals surface area contributed by atoms with Gasteiger partial charge in [-0.15, -0.1) is 11.3 Å². The Hall–Kier alpha value is -0.440. The Morgan fingerprint density at radius 2 is 2.55 bits per heavy atom. The van der Waals surface area contributed by atoms with E-state index in [-0.39, 0.29) is 0 Å². The first kappa shape index (κ1) is 8.65. The molecule has 1 aromatic heterocycles. The Kier molecular flexibility index (Phi) is 3.49. The van der Waals surface area contributed by atoms with Crippen molar-refractivity contribution >= 4 is 11.3 Å². The predicted octanol–water partition coefficient (Wildman–Crippen LogP) is 3.34. The summed E-state index contributed by atoms with van der Waals surface area (Å²) in [5.74, 6) is 0. The van der Waals surface area contributed by atoms with Crippen molar-refractivity contribution in [1.82, 2.24) is 4.98 Å².